The van der Waals surface area contributed by atoms with E-state index < -0.39 is 9.16 Å². The number of fused-ring (bicyclic) bond motifs is 12. The third-order valence-electron chi connectivity index (χ3n) is 12.5. The first-order valence-corrected chi connectivity index (χ1v) is 23.5. The number of benzene rings is 5. The van der Waals surface area contributed by atoms with E-state index in [0.29, 0.717) is 5.92 Å². The molecule has 53 heavy (non-hydrogen) atoms. The highest BCUT2D eigenvalue weighted by atomic mass is 32.3. The van der Waals surface area contributed by atoms with Gasteiger partial charge in [0.1, 0.15) is 11.2 Å². The third kappa shape index (κ3) is 4.52. The minimum Gasteiger partial charge on any atom is -0.455 e. The highest BCUT2D eigenvalue weighted by Gasteiger charge is 2.43. The lowest BCUT2D eigenvalue weighted by molar-refractivity contribution is 0.673. The standard InChI is InChI=1S/C49H43NOS2/c1-53(2,3)43-21-10-9-17-36(43)45-38(19-12-22-44(45)53)50(34-26-23-32(24-27-34)31-13-5-4-6-14-31)39-18-11-20-41-47(39)48-42(52-41)30-29-40-46(48)37-28-25-33-15-7-8-16-35(33)49(37)51-40/h4-10,12-13,15-19,21-26,28-31,34,53H,11,14,20,27H2,1-3H3. The molecule has 11 rings (SSSR count). The van der Waals surface area contributed by atoms with E-state index in [0.717, 1.165) is 36.8 Å². The van der Waals surface area contributed by atoms with Gasteiger partial charge in [-0.1, -0.05) is 115 Å². The summed E-state index contributed by atoms with van der Waals surface area (Å²) in [5.74, 6) is 0.449. The van der Waals surface area contributed by atoms with Crippen molar-refractivity contribution in [2.45, 2.75) is 41.5 Å². The Morgan fingerprint density at radius 1 is 0.736 bits per heavy atom. The molecule has 4 aliphatic rings. The molecule has 7 aromatic rings. The van der Waals surface area contributed by atoms with Gasteiger partial charge in [-0.05, 0) is 95.0 Å². The highest BCUT2D eigenvalue weighted by Crippen LogP contribution is 2.81. The summed E-state index contributed by atoms with van der Waals surface area (Å²) in [6.07, 6.45) is 30.8. The summed E-state index contributed by atoms with van der Waals surface area (Å²) in [6, 6.07) is 34.3. The maximum atomic E-state index is 6.78. The van der Waals surface area contributed by atoms with Crippen LogP contribution >= 0.6 is 20.5 Å². The molecule has 0 N–H and O–H groups in total. The highest BCUT2D eigenvalue weighted by molar-refractivity contribution is 8.48. The van der Waals surface area contributed by atoms with E-state index in [9.17, 15) is 0 Å². The van der Waals surface area contributed by atoms with Gasteiger partial charge in [-0.15, -0.1) is 11.3 Å². The first-order chi connectivity index (χ1) is 25.8. The Labute approximate surface area is 315 Å². The zero-order valence-electron chi connectivity index (χ0n) is 30.5. The Kier molecular flexibility index (Phi) is 6.68. The van der Waals surface area contributed by atoms with Gasteiger partial charge >= 0.3 is 0 Å². The fourth-order valence-corrected chi connectivity index (χ4v) is 14.7. The lowest BCUT2D eigenvalue weighted by Gasteiger charge is -2.50. The molecule has 4 heteroatoms. The fraction of sp³-hybridized carbons (Fsp3) is 0.184. The molecule has 3 aliphatic carbocycles. The molecule has 2 unspecified atom stereocenters. The maximum absolute atomic E-state index is 6.78. The number of anilines is 1. The zero-order valence-corrected chi connectivity index (χ0v) is 32.2. The second-order valence-electron chi connectivity index (χ2n) is 16.5. The van der Waals surface area contributed by atoms with Gasteiger partial charge in [0, 0.05) is 53.9 Å². The van der Waals surface area contributed by atoms with Gasteiger partial charge < -0.3 is 9.32 Å². The van der Waals surface area contributed by atoms with E-state index in [-0.39, 0.29) is 6.04 Å². The van der Waals surface area contributed by atoms with Crippen molar-refractivity contribution in [3.8, 4) is 11.1 Å². The Morgan fingerprint density at radius 3 is 2.47 bits per heavy atom. The van der Waals surface area contributed by atoms with Crippen LogP contribution in [0, 0.1) is 5.92 Å². The zero-order chi connectivity index (χ0) is 35.5. The van der Waals surface area contributed by atoms with Crippen LogP contribution < -0.4 is 4.90 Å². The van der Waals surface area contributed by atoms with Crippen LogP contribution in [-0.2, 0) is 6.42 Å². The molecule has 0 bridgehead atoms. The Hall–Kier alpha value is -5.03. The molecule has 0 saturated carbocycles. The molecular formula is C49H43NOS2. The van der Waals surface area contributed by atoms with Crippen LogP contribution in [0.3, 0.4) is 0 Å². The topological polar surface area (TPSA) is 16.4 Å². The molecule has 262 valence electrons. The number of aryl methyl sites for hydroxylation is 1. The van der Waals surface area contributed by atoms with E-state index in [1.54, 1.807) is 0 Å². The van der Waals surface area contributed by atoms with Crippen molar-refractivity contribution in [1.82, 2.24) is 0 Å². The molecule has 1 aliphatic heterocycles. The van der Waals surface area contributed by atoms with E-state index in [2.05, 4.69) is 163 Å². The maximum Gasteiger partial charge on any atom is 0.143 e. The van der Waals surface area contributed by atoms with Gasteiger partial charge in [0.15, 0.2) is 0 Å². The summed E-state index contributed by atoms with van der Waals surface area (Å²) in [5.41, 5.74) is 10.3. The van der Waals surface area contributed by atoms with Crippen LogP contribution in [0.25, 0.3) is 59.6 Å². The molecule has 2 atom stereocenters. The first-order valence-electron chi connectivity index (χ1n) is 19.1. The summed E-state index contributed by atoms with van der Waals surface area (Å²) in [7, 11) is -2.38. The third-order valence-corrected chi connectivity index (χ3v) is 17.8. The molecule has 0 radical (unpaired) electrons. The molecule has 0 fully saturated rings. The number of thiol groups is 1. The van der Waals surface area contributed by atoms with Crippen molar-refractivity contribution in [3.63, 3.8) is 0 Å². The van der Waals surface area contributed by atoms with Crippen molar-refractivity contribution >= 4 is 74.7 Å². The Morgan fingerprint density at radius 2 is 1.60 bits per heavy atom. The summed E-state index contributed by atoms with van der Waals surface area (Å²) < 4.78 is 8.12. The van der Waals surface area contributed by atoms with Gasteiger partial charge in [0.05, 0.1) is 11.7 Å². The smallest absolute Gasteiger partial charge is 0.143 e. The van der Waals surface area contributed by atoms with Crippen molar-refractivity contribution in [1.29, 1.82) is 0 Å². The number of hydrogen-bond acceptors (Lipinski definition) is 3. The Balaban J connectivity index is 1.16. The molecule has 0 saturated heterocycles. The second-order valence-corrected chi connectivity index (χ2v) is 24.2. The molecule has 3 heterocycles. The second kappa shape index (κ2) is 11.2. The molecule has 0 amide bonds. The minimum atomic E-state index is -2.38. The summed E-state index contributed by atoms with van der Waals surface area (Å²) >= 11 is 1.98. The van der Waals surface area contributed by atoms with Gasteiger partial charge in [-0.25, -0.2) is 9.16 Å². The van der Waals surface area contributed by atoms with Crippen LogP contribution in [0.1, 0.15) is 29.7 Å². The first kappa shape index (κ1) is 31.5. The molecule has 0 spiro atoms. The van der Waals surface area contributed by atoms with Crippen LogP contribution in [0.4, 0.5) is 5.69 Å². The van der Waals surface area contributed by atoms with E-state index in [1.165, 1.54) is 79.9 Å². The van der Waals surface area contributed by atoms with Crippen molar-refractivity contribution in [2.24, 2.45) is 5.92 Å². The quantitative estimate of drug-likeness (QED) is 0.182. The molecule has 2 aromatic heterocycles. The van der Waals surface area contributed by atoms with Crippen molar-refractivity contribution < 1.29 is 4.42 Å². The number of nitrogens with zero attached hydrogens (tertiary/aromatic N) is 1. The lowest BCUT2D eigenvalue weighted by Crippen LogP contribution is -2.34. The summed E-state index contributed by atoms with van der Waals surface area (Å²) in [6.45, 7) is 0. The van der Waals surface area contributed by atoms with Gasteiger partial charge in [-0.2, -0.15) is 0 Å². The van der Waals surface area contributed by atoms with E-state index in [1.807, 2.05) is 11.3 Å². The number of rotatable bonds is 4. The molecule has 2 nitrogen and oxygen atoms in total. The summed E-state index contributed by atoms with van der Waals surface area (Å²) in [5, 5.41) is 6.18. The average Bonchev–Trinajstić information content (AvgIpc) is 3.83. The average molecular weight is 726 g/mol. The lowest BCUT2D eigenvalue weighted by atomic mass is 9.86. The van der Waals surface area contributed by atoms with Crippen molar-refractivity contribution in [2.75, 3.05) is 23.7 Å². The normalized spacial score (nSPS) is 21.6. The monoisotopic (exact) mass is 725 g/mol. The number of furan rings is 1. The SMILES string of the molecule is C[SH]1(C)(C)c2ccccc2-c2c(N(C3=CCCc4sc5ccc6oc7c8ccccc8ccc7c6c5c43)C3C=CC(C4C=CC=CC4)=CC3)cccc21. The summed E-state index contributed by atoms with van der Waals surface area (Å²) in [4.78, 5) is 7.28. The van der Waals surface area contributed by atoms with Crippen LogP contribution in [-0.4, -0.2) is 24.8 Å². The van der Waals surface area contributed by atoms with Crippen molar-refractivity contribution in [3.05, 3.63) is 156 Å². The van der Waals surface area contributed by atoms with E-state index >= 15 is 0 Å². The minimum absolute atomic E-state index is 0.175. The van der Waals surface area contributed by atoms with Gasteiger partial charge in [-0.3, -0.25) is 0 Å². The van der Waals surface area contributed by atoms with Crippen LogP contribution in [0.5, 0.6) is 0 Å². The molecular weight excluding hydrogens is 683 g/mol. The van der Waals surface area contributed by atoms with Crippen LogP contribution in [0.15, 0.2) is 159 Å². The number of allylic oxidation sites excluding steroid dienone is 7. The van der Waals surface area contributed by atoms with Crippen LogP contribution in [0.2, 0.25) is 0 Å². The molecule has 5 aromatic carbocycles. The predicted octanol–water partition coefficient (Wildman–Crippen LogP) is 13.5. The number of thiophene rings is 1. The number of hydrogen-bond donors (Lipinski definition) is 1. The van der Waals surface area contributed by atoms with Gasteiger partial charge in [0.25, 0.3) is 0 Å². The van der Waals surface area contributed by atoms with E-state index in [4.69, 9.17) is 4.42 Å². The largest absolute Gasteiger partial charge is 0.455 e. The predicted molar refractivity (Wildman–Crippen MR) is 233 cm³/mol. The Bertz CT molecular complexity index is 2860. The van der Waals surface area contributed by atoms with Gasteiger partial charge in [0.2, 0.25) is 0 Å². The fourth-order valence-electron chi connectivity index (χ4n) is 9.90.